The van der Waals surface area contributed by atoms with Crippen molar-refractivity contribution in [1.82, 2.24) is 15.1 Å². The average Bonchev–Trinajstić information content (AvgIpc) is 3.46. The van der Waals surface area contributed by atoms with Gasteiger partial charge in [-0.25, -0.2) is 0 Å². The smallest absolute Gasteiger partial charge is 0.258 e. The fourth-order valence-electron chi connectivity index (χ4n) is 3.96. The van der Waals surface area contributed by atoms with E-state index in [1.807, 2.05) is 47.5 Å². The van der Waals surface area contributed by atoms with Gasteiger partial charge >= 0.3 is 0 Å². The molecule has 1 aliphatic heterocycles. The Morgan fingerprint density at radius 1 is 1.17 bits per heavy atom. The molecular formula is C23H22N4O2. The molecule has 0 aliphatic carbocycles. The Labute approximate surface area is 168 Å². The van der Waals surface area contributed by atoms with Crippen molar-refractivity contribution in [3.63, 3.8) is 0 Å². The second-order valence-corrected chi connectivity index (χ2v) is 7.86. The molecule has 1 saturated heterocycles. The Morgan fingerprint density at radius 3 is 2.90 bits per heavy atom. The lowest BCUT2D eigenvalue weighted by Crippen LogP contribution is -2.24. The van der Waals surface area contributed by atoms with Crippen LogP contribution in [0.4, 0.5) is 5.69 Å². The zero-order chi connectivity index (χ0) is 20.0. The topological polar surface area (TPSA) is 75.0 Å². The lowest BCUT2D eigenvalue weighted by molar-refractivity contribution is -0.117. The Morgan fingerprint density at radius 2 is 2.03 bits per heavy atom. The molecule has 4 aromatic rings. The van der Waals surface area contributed by atoms with Gasteiger partial charge in [-0.2, -0.15) is 4.98 Å². The third kappa shape index (κ3) is 3.10. The van der Waals surface area contributed by atoms with Crippen molar-refractivity contribution in [2.24, 2.45) is 0 Å². The maximum Gasteiger partial charge on any atom is 0.258 e. The molecule has 0 radical (unpaired) electrons. The molecule has 146 valence electrons. The largest absolute Gasteiger partial charge is 0.361 e. The molecule has 0 spiro atoms. The summed E-state index contributed by atoms with van der Waals surface area (Å²) >= 11 is 0. The summed E-state index contributed by atoms with van der Waals surface area (Å²) in [5.74, 6) is 1.50. The number of anilines is 1. The van der Waals surface area contributed by atoms with Crippen molar-refractivity contribution in [3.8, 4) is 11.5 Å². The summed E-state index contributed by atoms with van der Waals surface area (Å²) in [5, 5.41) is 5.24. The van der Waals surface area contributed by atoms with Gasteiger partial charge in [0.1, 0.15) is 0 Å². The predicted octanol–water partition coefficient (Wildman–Crippen LogP) is 4.86. The number of H-pyrrole nitrogens is 1. The molecular weight excluding hydrogens is 364 g/mol. The molecule has 1 fully saturated rings. The van der Waals surface area contributed by atoms with Crippen molar-refractivity contribution >= 4 is 22.5 Å². The normalized spacial score (nSPS) is 17.0. The minimum atomic E-state index is -0.0758. The number of carbonyl (C=O) groups excluding carboxylic acids is 1. The molecule has 2 aromatic carbocycles. The number of aromatic amines is 1. The number of amides is 1. The lowest BCUT2D eigenvalue weighted by atomic mass is 10.0. The van der Waals surface area contributed by atoms with Crippen LogP contribution in [0.15, 0.2) is 59.3 Å². The Bertz CT molecular complexity index is 1190. The van der Waals surface area contributed by atoms with E-state index in [1.54, 1.807) is 0 Å². The highest BCUT2D eigenvalue weighted by molar-refractivity contribution is 5.96. The number of nitrogens with one attached hydrogen (secondary N) is 1. The van der Waals surface area contributed by atoms with Gasteiger partial charge in [0, 0.05) is 47.2 Å². The molecule has 29 heavy (non-hydrogen) atoms. The Kier molecular flexibility index (Phi) is 4.19. The molecule has 1 aliphatic rings. The summed E-state index contributed by atoms with van der Waals surface area (Å²) in [6.45, 7) is 4.87. The fraction of sp³-hybridized carbons (Fsp3) is 0.261. The number of hydrogen-bond acceptors (Lipinski definition) is 4. The quantitative estimate of drug-likeness (QED) is 0.543. The van der Waals surface area contributed by atoms with Gasteiger partial charge in [0.05, 0.1) is 0 Å². The van der Waals surface area contributed by atoms with E-state index in [4.69, 9.17) is 4.52 Å². The van der Waals surface area contributed by atoms with Gasteiger partial charge in [0.2, 0.25) is 5.91 Å². The number of rotatable bonds is 4. The van der Waals surface area contributed by atoms with Gasteiger partial charge in [0.25, 0.3) is 5.89 Å². The van der Waals surface area contributed by atoms with Gasteiger partial charge < -0.3 is 14.4 Å². The van der Waals surface area contributed by atoms with Gasteiger partial charge in [0.15, 0.2) is 5.82 Å². The third-order valence-corrected chi connectivity index (χ3v) is 5.61. The Hall–Kier alpha value is -3.41. The van der Waals surface area contributed by atoms with Crippen molar-refractivity contribution in [2.75, 3.05) is 11.4 Å². The van der Waals surface area contributed by atoms with Crippen LogP contribution in [-0.2, 0) is 4.79 Å². The molecule has 2 aromatic heterocycles. The van der Waals surface area contributed by atoms with Crippen molar-refractivity contribution in [2.45, 2.75) is 32.1 Å². The van der Waals surface area contributed by atoms with Crippen LogP contribution in [0.5, 0.6) is 0 Å². The number of hydrogen-bond donors (Lipinski definition) is 1. The number of nitrogens with zero attached hydrogens (tertiary/aromatic N) is 3. The molecule has 0 saturated carbocycles. The first-order chi connectivity index (χ1) is 14.1. The van der Waals surface area contributed by atoms with Crippen molar-refractivity contribution in [3.05, 3.63) is 66.1 Å². The monoisotopic (exact) mass is 386 g/mol. The van der Waals surface area contributed by atoms with Crippen LogP contribution in [0.25, 0.3) is 22.4 Å². The highest BCUT2D eigenvalue weighted by Gasteiger charge is 2.35. The SMILES string of the molecule is CC(C)c1cccc(N2CC(c3noc(-c4cccc5[nH]ccc45)n3)CC2=O)c1. The minimum absolute atomic E-state index is 0.0758. The van der Waals surface area contributed by atoms with Crippen molar-refractivity contribution in [1.29, 1.82) is 0 Å². The third-order valence-electron chi connectivity index (χ3n) is 5.61. The van der Waals surface area contributed by atoms with Crippen LogP contribution >= 0.6 is 0 Å². The van der Waals surface area contributed by atoms with E-state index in [2.05, 4.69) is 41.1 Å². The van der Waals surface area contributed by atoms with Crippen LogP contribution in [0.1, 0.15) is 43.5 Å². The van der Waals surface area contributed by atoms with E-state index in [-0.39, 0.29) is 11.8 Å². The number of benzene rings is 2. The van der Waals surface area contributed by atoms with E-state index in [9.17, 15) is 4.79 Å². The number of carbonyl (C=O) groups is 1. The zero-order valence-electron chi connectivity index (χ0n) is 16.4. The average molecular weight is 386 g/mol. The van der Waals surface area contributed by atoms with E-state index < -0.39 is 0 Å². The standard InChI is InChI=1S/C23H22N4O2/c1-14(2)15-5-3-6-17(11-15)27-13-16(12-21(27)28)22-25-23(29-26-22)19-7-4-8-20-18(19)9-10-24-20/h3-11,14,16,24H,12-13H2,1-2H3. The van der Waals surface area contributed by atoms with E-state index in [0.717, 1.165) is 22.2 Å². The first-order valence-electron chi connectivity index (χ1n) is 9.90. The molecule has 1 N–H and O–H groups in total. The molecule has 0 bridgehead atoms. The van der Waals surface area contributed by atoms with Crippen LogP contribution in [0, 0.1) is 0 Å². The Balaban J connectivity index is 1.41. The van der Waals surface area contributed by atoms with Crippen LogP contribution < -0.4 is 4.90 Å². The maximum absolute atomic E-state index is 12.7. The molecule has 6 nitrogen and oxygen atoms in total. The van der Waals surface area contributed by atoms with Crippen LogP contribution in [-0.4, -0.2) is 27.6 Å². The molecule has 3 heterocycles. The molecule has 1 atom stereocenters. The second kappa shape index (κ2) is 6.88. The molecule has 1 unspecified atom stereocenters. The van der Waals surface area contributed by atoms with Gasteiger partial charge in [-0.1, -0.05) is 37.2 Å². The summed E-state index contributed by atoms with van der Waals surface area (Å²) in [6, 6.07) is 16.1. The fourth-order valence-corrected chi connectivity index (χ4v) is 3.96. The number of fused-ring (bicyclic) bond motifs is 1. The second-order valence-electron chi connectivity index (χ2n) is 7.86. The number of aromatic nitrogens is 3. The summed E-state index contributed by atoms with van der Waals surface area (Å²) in [6.07, 6.45) is 2.28. The van der Waals surface area contributed by atoms with E-state index in [1.165, 1.54) is 5.56 Å². The first kappa shape index (κ1) is 17.7. The van der Waals surface area contributed by atoms with Crippen LogP contribution in [0.3, 0.4) is 0 Å². The molecule has 1 amide bonds. The van der Waals surface area contributed by atoms with Gasteiger partial charge in [-0.05, 0) is 41.8 Å². The summed E-state index contributed by atoms with van der Waals surface area (Å²) in [5.41, 5.74) is 4.08. The predicted molar refractivity (Wildman–Crippen MR) is 112 cm³/mol. The zero-order valence-corrected chi connectivity index (χ0v) is 16.4. The molecule has 6 heteroatoms. The lowest BCUT2D eigenvalue weighted by Gasteiger charge is -2.18. The van der Waals surface area contributed by atoms with E-state index in [0.29, 0.717) is 30.6 Å². The van der Waals surface area contributed by atoms with E-state index >= 15 is 0 Å². The van der Waals surface area contributed by atoms with Crippen LogP contribution in [0.2, 0.25) is 0 Å². The summed E-state index contributed by atoms with van der Waals surface area (Å²) < 4.78 is 5.56. The van der Waals surface area contributed by atoms with Gasteiger partial charge in [-0.3, -0.25) is 4.79 Å². The maximum atomic E-state index is 12.7. The molecule has 5 rings (SSSR count). The van der Waals surface area contributed by atoms with Gasteiger partial charge in [-0.15, -0.1) is 0 Å². The summed E-state index contributed by atoms with van der Waals surface area (Å²) in [7, 11) is 0. The van der Waals surface area contributed by atoms with Crippen molar-refractivity contribution < 1.29 is 9.32 Å². The first-order valence-corrected chi connectivity index (χ1v) is 9.90. The highest BCUT2D eigenvalue weighted by Crippen LogP contribution is 2.33. The minimum Gasteiger partial charge on any atom is -0.361 e. The highest BCUT2D eigenvalue weighted by atomic mass is 16.5. The summed E-state index contributed by atoms with van der Waals surface area (Å²) in [4.78, 5) is 22.3.